The fourth-order valence-electron chi connectivity index (χ4n) is 2.20. The first-order valence-corrected chi connectivity index (χ1v) is 5.72. The van der Waals surface area contributed by atoms with Gasteiger partial charge >= 0.3 is 0 Å². The van der Waals surface area contributed by atoms with Gasteiger partial charge in [-0.15, -0.1) is 0 Å². The molecule has 2 atom stereocenters. The highest BCUT2D eigenvalue weighted by Gasteiger charge is 2.46. The summed E-state index contributed by atoms with van der Waals surface area (Å²) in [6.45, 7) is 2.22. The van der Waals surface area contributed by atoms with Crippen LogP contribution in [0.5, 0.6) is 0 Å². The normalized spacial score (nSPS) is 35.0. The minimum atomic E-state index is -0.503. The van der Waals surface area contributed by atoms with Gasteiger partial charge in [-0.1, -0.05) is 19.8 Å². The molecule has 80 valence electrons. The van der Waals surface area contributed by atoms with Crippen molar-refractivity contribution in [3.8, 4) is 0 Å². The Labute approximate surface area is 85.4 Å². The van der Waals surface area contributed by atoms with E-state index in [-0.39, 0.29) is 5.91 Å². The van der Waals surface area contributed by atoms with Gasteiger partial charge < -0.3 is 11.1 Å². The van der Waals surface area contributed by atoms with Crippen LogP contribution in [0.2, 0.25) is 0 Å². The Kier molecular flexibility index (Phi) is 2.52. The van der Waals surface area contributed by atoms with Crippen LogP contribution in [0.25, 0.3) is 0 Å². The quantitative estimate of drug-likeness (QED) is 0.696. The Hall–Kier alpha value is -0.570. The predicted molar refractivity (Wildman–Crippen MR) is 55.7 cm³/mol. The van der Waals surface area contributed by atoms with E-state index in [9.17, 15) is 4.79 Å². The lowest BCUT2D eigenvalue weighted by atomic mass is 9.86. The molecule has 2 fully saturated rings. The standard InChI is InChI=1S/C11H20N2O/c1-8-4-2-3-5-9(8)13-10(14)11(12)6-7-11/h8-9H,2-7,12H2,1H3,(H,13,14). The molecule has 0 bridgehead atoms. The summed E-state index contributed by atoms with van der Waals surface area (Å²) < 4.78 is 0. The molecular formula is C11H20N2O. The SMILES string of the molecule is CC1CCCCC1NC(=O)C1(N)CC1. The molecule has 3 heteroatoms. The van der Waals surface area contributed by atoms with E-state index in [0.717, 1.165) is 19.3 Å². The lowest BCUT2D eigenvalue weighted by molar-refractivity contribution is -0.124. The Bertz CT molecular complexity index is 235. The van der Waals surface area contributed by atoms with Gasteiger partial charge in [0.2, 0.25) is 5.91 Å². The van der Waals surface area contributed by atoms with E-state index >= 15 is 0 Å². The third kappa shape index (κ3) is 1.92. The first-order valence-electron chi connectivity index (χ1n) is 5.72. The van der Waals surface area contributed by atoms with Crippen LogP contribution in [0.4, 0.5) is 0 Å². The summed E-state index contributed by atoms with van der Waals surface area (Å²) in [4.78, 5) is 11.7. The number of nitrogens with two attached hydrogens (primary N) is 1. The Morgan fingerprint density at radius 3 is 2.57 bits per heavy atom. The van der Waals surface area contributed by atoms with Gasteiger partial charge in [-0.25, -0.2) is 0 Å². The maximum absolute atomic E-state index is 11.7. The number of nitrogens with one attached hydrogen (secondary N) is 1. The minimum absolute atomic E-state index is 0.0799. The Balaban J connectivity index is 1.86. The van der Waals surface area contributed by atoms with Crippen molar-refractivity contribution in [2.45, 2.75) is 57.0 Å². The van der Waals surface area contributed by atoms with Crippen molar-refractivity contribution in [3.63, 3.8) is 0 Å². The summed E-state index contributed by atoms with van der Waals surface area (Å²) in [5, 5.41) is 3.11. The van der Waals surface area contributed by atoms with Crippen molar-refractivity contribution < 1.29 is 4.79 Å². The van der Waals surface area contributed by atoms with Crippen molar-refractivity contribution in [3.05, 3.63) is 0 Å². The maximum Gasteiger partial charge on any atom is 0.240 e. The van der Waals surface area contributed by atoms with Crippen molar-refractivity contribution in [2.75, 3.05) is 0 Å². The highest BCUT2D eigenvalue weighted by atomic mass is 16.2. The molecule has 0 saturated heterocycles. The van der Waals surface area contributed by atoms with Crippen LogP contribution in [0.15, 0.2) is 0 Å². The summed E-state index contributed by atoms with van der Waals surface area (Å²) in [6, 6.07) is 0.372. The van der Waals surface area contributed by atoms with E-state index < -0.39 is 5.54 Å². The van der Waals surface area contributed by atoms with Gasteiger partial charge in [0.05, 0.1) is 5.54 Å². The molecule has 14 heavy (non-hydrogen) atoms. The second-order valence-electron chi connectivity index (χ2n) is 5.00. The van der Waals surface area contributed by atoms with Crippen molar-refractivity contribution in [1.82, 2.24) is 5.32 Å². The third-order valence-corrected chi connectivity index (χ3v) is 3.67. The summed E-state index contributed by atoms with van der Waals surface area (Å²) in [6.07, 6.45) is 6.64. The second kappa shape index (κ2) is 3.54. The van der Waals surface area contributed by atoms with Gasteiger partial charge in [-0.05, 0) is 31.6 Å². The number of hydrogen-bond acceptors (Lipinski definition) is 2. The zero-order valence-electron chi connectivity index (χ0n) is 8.88. The fraction of sp³-hybridized carbons (Fsp3) is 0.909. The zero-order chi connectivity index (χ0) is 10.2. The lowest BCUT2D eigenvalue weighted by Gasteiger charge is -2.30. The van der Waals surface area contributed by atoms with Gasteiger partial charge in [-0.2, -0.15) is 0 Å². The van der Waals surface area contributed by atoms with Crippen LogP contribution < -0.4 is 11.1 Å². The number of rotatable bonds is 2. The molecule has 0 aromatic heterocycles. The average molecular weight is 196 g/mol. The first-order chi connectivity index (χ1) is 6.62. The molecular weight excluding hydrogens is 176 g/mol. The monoisotopic (exact) mass is 196 g/mol. The average Bonchev–Trinajstić information content (AvgIpc) is 2.89. The van der Waals surface area contributed by atoms with Crippen LogP contribution in [-0.4, -0.2) is 17.5 Å². The van der Waals surface area contributed by atoms with Crippen molar-refractivity contribution in [2.24, 2.45) is 11.7 Å². The fourth-order valence-corrected chi connectivity index (χ4v) is 2.20. The highest BCUT2D eigenvalue weighted by molar-refractivity contribution is 5.89. The van der Waals surface area contributed by atoms with E-state index in [0.29, 0.717) is 12.0 Å². The van der Waals surface area contributed by atoms with Crippen LogP contribution in [0.3, 0.4) is 0 Å². The van der Waals surface area contributed by atoms with E-state index in [4.69, 9.17) is 5.73 Å². The summed E-state index contributed by atoms with van der Waals surface area (Å²) in [5.41, 5.74) is 5.34. The zero-order valence-corrected chi connectivity index (χ0v) is 8.88. The molecule has 2 aliphatic carbocycles. The van der Waals surface area contributed by atoms with Crippen LogP contribution in [-0.2, 0) is 4.79 Å². The maximum atomic E-state index is 11.7. The van der Waals surface area contributed by atoms with Gasteiger partial charge in [0.25, 0.3) is 0 Å². The van der Waals surface area contributed by atoms with Gasteiger partial charge in [0.15, 0.2) is 0 Å². The lowest BCUT2D eigenvalue weighted by Crippen LogP contribution is -2.49. The van der Waals surface area contributed by atoms with Gasteiger partial charge in [0.1, 0.15) is 0 Å². The largest absolute Gasteiger partial charge is 0.352 e. The first kappa shape index (κ1) is 9.97. The molecule has 2 rings (SSSR count). The number of hydrogen-bond donors (Lipinski definition) is 2. The molecule has 3 nitrogen and oxygen atoms in total. The molecule has 2 saturated carbocycles. The molecule has 0 radical (unpaired) electrons. The van der Waals surface area contributed by atoms with Crippen molar-refractivity contribution in [1.29, 1.82) is 0 Å². The molecule has 0 aromatic carbocycles. The van der Waals surface area contributed by atoms with Crippen LogP contribution >= 0.6 is 0 Å². The highest BCUT2D eigenvalue weighted by Crippen LogP contribution is 2.33. The molecule has 0 aromatic rings. The predicted octanol–water partition coefficient (Wildman–Crippen LogP) is 1.17. The molecule has 0 aliphatic heterocycles. The smallest absolute Gasteiger partial charge is 0.240 e. The number of carbonyl (C=O) groups is 1. The summed E-state index contributed by atoms with van der Waals surface area (Å²) in [7, 11) is 0. The van der Waals surface area contributed by atoms with E-state index in [2.05, 4.69) is 12.2 Å². The van der Waals surface area contributed by atoms with E-state index in [1.807, 2.05) is 0 Å². The minimum Gasteiger partial charge on any atom is -0.352 e. The van der Waals surface area contributed by atoms with E-state index in [1.165, 1.54) is 19.3 Å². The van der Waals surface area contributed by atoms with Crippen molar-refractivity contribution >= 4 is 5.91 Å². The number of carbonyl (C=O) groups excluding carboxylic acids is 1. The molecule has 2 unspecified atom stereocenters. The topological polar surface area (TPSA) is 55.1 Å². The van der Waals surface area contributed by atoms with Crippen LogP contribution in [0, 0.1) is 5.92 Å². The number of amides is 1. The van der Waals surface area contributed by atoms with Gasteiger partial charge in [0, 0.05) is 6.04 Å². The summed E-state index contributed by atoms with van der Waals surface area (Å²) in [5.74, 6) is 0.700. The van der Waals surface area contributed by atoms with E-state index in [1.54, 1.807) is 0 Å². The van der Waals surface area contributed by atoms with Gasteiger partial charge in [-0.3, -0.25) is 4.79 Å². The molecule has 2 aliphatic rings. The second-order valence-corrected chi connectivity index (χ2v) is 5.00. The third-order valence-electron chi connectivity index (χ3n) is 3.67. The molecule has 3 N–H and O–H groups in total. The molecule has 0 spiro atoms. The summed E-state index contributed by atoms with van der Waals surface area (Å²) >= 11 is 0. The Morgan fingerprint density at radius 2 is 2.00 bits per heavy atom. The molecule has 0 heterocycles. The molecule has 1 amide bonds. The Morgan fingerprint density at radius 1 is 1.36 bits per heavy atom. The van der Waals surface area contributed by atoms with Crippen LogP contribution in [0.1, 0.15) is 45.4 Å².